The Morgan fingerprint density at radius 3 is 2.67 bits per heavy atom. The first-order valence-electron chi connectivity index (χ1n) is 5.95. The molecule has 1 aliphatic rings. The van der Waals surface area contributed by atoms with Crippen molar-refractivity contribution in [2.24, 2.45) is 5.73 Å². The summed E-state index contributed by atoms with van der Waals surface area (Å²) < 4.78 is 0. The standard InChI is InChI=1S/C13H16N2OS2/c14-12(17)9-2-1-3-10(8-9)13(16)15-11-4-6-18-7-5-11/h1-3,8,11H,4-7H2,(H2,14,17)(H,15,16). The molecule has 0 atom stereocenters. The van der Waals surface area contributed by atoms with Crippen LogP contribution >= 0.6 is 24.0 Å². The van der Waals surface area contributed by atoms with Gasteiger partial charge in [-0.15, -0.1) is 0 Å². The van der Waals surface area contributed by atoms with Gasteiger partial charge in [0.25, 0.3) is 5.91 Å². The minimum absolute atomic E-state index is 0.0370. The smallest absolute Gasteiger partial charge is 0.251 e. The maximum atomic E-state index is 12.1. The summed E-state index contributed by atoms with van der Waals surface area (Å²) in [4.78, 5) is 12.4. The van der Waals surface area contributed by atoms with E-state index in [1.807, 2.05) is 17.8 Å². The number of rotatable bonds is 3. The molecule has 0 unspecified atom stereocenters. The molecule has 1 aromatic carbocycles. The van der Waals surface area contributed by atoms with Crippen LogP contribution in [0, 0.1) is 0 Å². The van der Waals surface area contributed by atoms with Crippen LogP contribution in [0.25, 0.3) is 0 Å². The third-order valence-electron chi connectivity index (χ3n) is 2.97. The van der Waals surface area contributed by atoms with E-state index in [4.69, 9.17) is 18.0 Å². The molecule has 18 heavy (non-hydrogen) atoms. The molecule has 1 aliphatic heterocycles. The van der Waals surface area contributed by atoms with Crippen molar-refractivity contribution in [2.45, 2.75) is 18.9 Å². The van der Waals surface area contributed by atoms with Gasteiger partial charge in [-0.1, -0.05) is 24.4 Å². The van der Waals surface area contributed by atoms with Gasteiger partial charge in [-0.05, 0) is 36.5 Å². The molecule has 5 heteroatoms. The van der Waals surface area contributed by atoms with Crippen LogP contribution in [0.15, 0.2) is 24.3 Å². The highest BCUT2D eigenvalue weighted by atomic mass is 32.2. The van der Waals surface area contributed by atoms with Gasteiger partial charge in [0.2, 0.25) is 0 Å². The van der Waals surface area contributed by atoms with Gasteiger partial charge >= 0.3 is 0 Å². The van der Waals surface area contributed by atoms with E-state index < -0.39 is 0 Å². The SMILES string of the molecule is NC(=S)c1cccc(C(=O)NC2CCSCC2)c1. The van der Waals surface area contributed by atoms with Crippen molar-refractivity contribution in [3.63, 3.8) is 0 Å². The molecular weight excluding hydrogens is 264 g/mol. The number of benzene rings is 1. The number of nitrogens with two attached hydrogens (primary N) is 1. The topological polar surface area (TPSA) is 55.1 Å². The monoisotopic (exact) mass is 280 g/mol. The van der Waals surface area contributed by atoms with Gasteiger partial charge in [-0.25, -0.2) is 0 Å². The molecule has 0 aromatic heterocycles. The third kappa shape index (κ3) is 3.46. The first-order valence-corrected chi connectivity index (χ1v) is 7.51. The van der Waals surface area contributed by atoms with Crippen LogP contribution in [0.3, 0.4) is 0 Å². The molecule has 3 nitrogen and oxygen atoms in total. The van der Waals surface area contributed by atoms with Gasteiger partial charge in [0, 0.05) is 17.2 Å². The van der Waals surface area contributed by atoms with Crippen LogP contribution in [0.2, 0.25) is 0 Å². The Morgan fingerprint density at radius 2 is 2.00 bits per heavy atom. The molecule has 1 fully saturated rings. The Bertz CT molecular complexity index is 456. The van der Waals surface area contributed by atoms with Crippen LogP contribution in [0.5, 0.6) is 0 Å². The highest BCUT2D eigenvalue weighted by Gasteiger charge is 2.17. The van der Waals surface area contributed by atoms with Crippen LogP contribution < -0.4 is 11.1 Å². The van der Waals surface area contributed by atoms with Crippen molar-refractivity contribution < 1.29 is 4.79 Å². The Labute approximate surface area is 117 Å². The van der Waals surface area contributed by atoms with E-state index >= 15 is 0 Å². The number of carbonyl (C=O) groups excluding carboxylic acids is 1. The predicted molar refractivity (Wildman–Crippen MR) is 80.1 cm³/mol. The molecule has 1 heterocycles. The largest absolute Gasteiger partial charge is 0.389 e. The Morgan fingerprint density at radius 1 is 1.33 bits per heavy atom. The lowest BCUT2D eigenvalue weighted by Gasteiger charge is -2.22. The summed E-state index contributed by atoms with van der Waals surface area (Å²) in [7, 11) is 0. The summed E-state index contributed by atoms with van der Waals surface area (Å²) in [6.07, 6.45) is 2.09. The van der Waals surface area contributed by atoms with Gasteiger partial charge in [0.1, 0.15) is 4.99 Å². The molecule has 1 aromatic rings. The fraction of sp³-hybridized carbons (Fsp3) is 0.385. The zero-order valence-electron chi connectivity index (χ0n) is 10.0. The number of thioether (sulfide) groups is 1. The summed E-state index contributed by atoms with van der Waals surface area (Å²) in [6.45, 7) is 0. The molecule has 1 saturated heterocycles. The molecule has 1 amide bonds. The summed E-state index contributed by atoms with van der Waals surface area (Å²) >= 11 is 6.86. The molecule has 3 N–H and O–H groups in total. The fourth-order valence-electron chi connectivity index (χ4n) is 1.92. The minimum Gasteiger partial charge on any atom is -0.389 e. The normalized spacial score (nSPS) is 16.2. The van der Waals surface area contributed by atoms with Crippen LogP contribution in [0.1, 0.15) is 28.8 Å². The van der Waals surface area contributed by atoms with Gasteiger partial charge in [0.05, 0.1) is 0 Å². The summed E-state index contributed by atoms with van der Waals surface area (Å²) in [5.74, 6) is 2.21. The Hall–Kier alpha value is -1.07. The Balaban J connectivity index is 2.03. The fourth-order valence-corrected chi connectivity index (χ4v) is 3.16. The summed E-state index contributed by atoms with van der Waals surface area (Å²) in [5, 5.41) is 3.06. The number of carbonyl (C=O) groups is 1. The molecule has 2 rings (SSSR count). The zero-order valence-corrected chi connectivity index (χ0v) is 11.7. The summed E-state index contributed by atoms with van der Waals surface area (Å²) in [6, 6.07) is 7.45. The predicted octanol–water partition coefficient (Wildman–Crippen LogP) is 1.95. The third-order valence-corrected chi connectivity index (χ3v) is 4.25. The lowest BCUT2D eigenvalue weighted by atomic mass is 10.1. The second-order valence-electron chi connectivity index (χ2n) is 4.31. The van der Waals surface area contributed by atoms with Crippen molar-refractivity contribution in [3.05, 3.63) is 35.4 Å². The number of hydrogen-bond donors (Lipinski definition) is 2. The first-order chi connectivity index (χ1) is 8.66. The molecular formula is C13H16N2OS2. The molecule has 0 radical (unpaired) electrons. The van der Waals surface area contributed by atoms with Crippen LogP contribution in [0.4, 0.5) is 0 Å². The molecule has 0 spiro atoms. The van der Waals surface area contributed by atoms with E-state index in [9.17, 15) is 4.79 Å². The number of hydrogen-bond acceptors (Lipinski definition) is 3. The Kier molecular flexibility index (Phi) is 4.60. The van der Waals surface area contributed by atoms with E-state index in [1.54, 1.807) is 18.2 Å². The van der Waals surface area contributed by atoms with E-state index in [2.05, 4.69) is 5.32 Å². The molecule has 0 bridgehead atoms. The lowest BCUT2D eigenvalue weighted by Crippen LogP contribution is -2.37. The minimum atomic E-state index is -0.0370. The summed E-state index contributed by atoms with van der Waals surface area (Å²) in [5.41, 5.74) is 6.92. The van der Waals surface area contributed by atoms with Gasteiger partial charge in [-0.2, -0.15) is 11.8 Å². The van der Waals surface area contributed by atoms with E-state index in [-0.39, 0.29) is 5.91 Å². The number of thiocarbonyl (C=S) groups is 1. The molecule has 0 aliphatic carbocycles. The highest BCUT2D eigenvalue weighted by molar-refractivity contribution is 7.99. The second-order valence-corrected chi connectivity index (χ2v) is 5.97. The number of amides is 1. The van der Waals surface area contributed by atoms with Crippen LogP contribution in [-0.2, 0) is 0 Å². The average molecular weight is 280 g/mol. The van der Waals surface area contributed by atoms with E-state index in [0.29, 0.717) is 16.6 Å². The lowest BCUT2D eigenvalue weighted by molar-refractivity contribution is 0.0935. The molecule has 96 valence electrons. The van der Waals surface area contributed by atoms with Gasteiger partial charge in [0.15, 0.2) is 0 Å². The average Bonchev–Trinajstić information content (AvgIpc) is 2.40. The molecule has 0 saturated carbocycles. The number of nitrogens with one attached hydrogen (secondary N) is 1. The van der Waals surface area contributed by atoms with Crippen molar-refractivity contribution in [1.29, 1.82) is 0 Å². The van der Waals surface area contributed by atoms with Crippen molar-refractivity contribution in [2.75, 3.05) is 11.5 Å². The van der Waals surface area contributed by atoms with Gasteiger partial charge < -0.3 is 11.1 Å². The zero-order chi connectivity index (χ0) is 13.0. The maximum Gasteiger partial charge on any atom is 0.251 e. The van der Waals surface area contributed by atoms with Crippen molar-refractivity contribution in [1.82, 2.24) is 5.32 Å². The van der Waals surface area contributed by atoms with E-state index in [0.717, 1.165) is 29.9 Å². The van der Waals surface area contributed by atoms with Gasteiger partial charge in [-0.3, -0.25) is 4.79 Å². The van der Waals surface area contributed by atoms with Crippen molar-refractivity contribution in [3.8, 4) is 0 Å². The van der Waals surface area contributed by atoms with Crippen molar-refractivity contribution >= 4 is 34.9 Å². The quantitative estimate of drug-likeness (QED) is 0.831. The second kappa shape index (κ2) is 6.20. The first kappa shape index (κ1) is 13.4. The maximum absolute atomic E-state index is 12.1. The highest BCUT2D eigenvalue weighted by Crippen LogP contribution is 2.17. The van der Waals surface area contributed by atoms with E-state index in [1.165, 1.54) is 0 Å². The van der Waals surface area contributed by atoms with Crippen LogP contribution in [-0.4, -0.2) is 28.4 Å².